The van der Waals surface area contributed by atoms with Crippen molar-refractivity contribution in [2.45, 2.75) is 78.2 Å². The molecule has 5 nitrogen and oxygen atoms in total. The predicted octanol–water partition coefficient (Wildman–Crippen LogP) is 4.93. The van der Waals surface area contributed by atoms with E-state index in [1.807, 2.05) is 38.1 Å². The molecule has 0 radical (unpaired) electrons. The molecule has 0 saturated carbocycles. The molecule has 1 fully saturated rings. The Hall–Kier alpha value is -1.69. The van der Waals surface area contributed by atoms with Gasteiger partial charge in [-0.1, -0.05) is 45.1 Å². The number of ether oxygens (including phenoxy) is 4. The van der Waals surface area contributed by atoms with Gasteiger partial charge in [0.1, 0.15) is 12.0 Å². The average molecular weight is 405 g/mol. The van der Waals surface area contributed by atoms with Crippen LogP contribution in [0, 0.1) is 11.8 Å². The lowest BCUT2D eigenvalue weighted by Crippen LogP contribution is -2.44. The number of benzene rings is 1. The quantitative estimate of drug-likeness (QED) is 0.409. The minimum atomic E-state index is -0.688. The minimum Gasteiger partial charge on any atom is -0.497 e. The lowest BCUT2D eigenvalue weighted by Gasteiger charge is -2.39. The van der Waals surface area contributed by atoms with E-state index in [2.05, 4.69) is 32.9 Å². The van der Waals surface area contributed by atoms with E-state index in [0.717, 1.165) is 17.6 Å². The van der Waals surface area contributed by atoms with E-state index in [4.69, 9.17) is 18.9 Å². The van der Waals surface area contributed by atoms with Crippen LogP contribution in [0.5, 0.6) is 5.75 Å². The number of carbonyl (C=O) groups is 1. The van der Waals surface area contributed by atoms with Crippen molar-refractivity contribution in [3.63, 3.8) is 0 Å². The fraction of sp³-hybridized carbons (Fsp3) is 0.625. The Labute approximate surface area is 175 Å². The molecular formula is C24H36O5. The van der Waals surface area contributed by atoms with Crippen molar-refractivity contribution >= 4 is 6.29 Å². The van der Waals surface area contributed by atoms with Crippen molar-refractivity contribution in [3.05, 3.63) is 42.0 Å². The summed E-state index contributed by atoms with van der Waals surface area (Å²) in [6.07, 6.45) is 6.18. The third-order valence-corrected chi connectivity index (χ3v) is 5.15. The largest absolute Gasteiger partial charge is 0.497 e. The fourth-order valence-corrected chi connectivity index (χ4v) is 3.79. The second-order valence-corrected chi connectivity index (χ2v) is 8.55. The molecule has 162 valence electrons. The fourth-order valence-electron chi connectivity index (χ4n) is 3.79. The summed E-state index contributed by atoms with van der Waals surface area (Å²) < 4.78 is 23.3. The van der Waals surface area contributed by atoms with E-state index >= 15 is 0 Å². The first-order valence-electron chi connectivity index (χ1n) is 10.5. The van der Waals surface area contributed by atoms with Crippen molar-refractivity contribution in [1.82, 2.24) is 0 Å². The van der Waals surface area contributed by atoms with Crippen molar-refractivity contribution < 1.29 is 23.7 Å². The highest BCUT2D eigenvalue weighted by Crippen LogP contribution is 2.29. The molecule has 1 saturated heterocycles. The highest BCUT2D eigenvalue weighted by Gasteiger charge is 2.34. The van der Waals surface area contributed by atoms with Crippen LogP contribution in [0.25, 0.3) is 0 Å². The molecule has 0 spiro atoms. The van der Waals surface area contributed by atoms with Gasteiger partial charge in [-0.25, -0.2) is 0 Å². The van der Waals surface area contributed by atoms with Crippen molar-refractivity contribution in [2.24, 2.45) is 11.8 Å². The monoisotopic (exact) mass is 404 g/mol. The Bertz CT molecular complexity index is 650. The number of hydrogen-bond donors (Lipinski definition) is 0. The standard InChI is InChI=1S/C24H36O5/c1-17(2)23(27-16-19-8-11-20(26-6)12-9-19)18(3)7-10-21-15-22(13-14-25)29-24(4,5)28-21/h7-12,14,17-18,21-23H,13,15-16H2,1-6H3/b10-7+/t18-,21-,22+,23-/m0/s1. The van der Waals surface area contributed by atoms with E-state index in [-0.39, 0.29) is 24.2 Å². The normalized spacial score (nSPS) is 23.8. The van der Waals surface area contributed by atoms with E-state index in [1.54, 1.807) is 7.11 Å². The molecule has 29 heavy (non-hydrogen) atoms. The Morgan fingerprint density at radius 1 is 1.17 bits per heavy atom. The molecule has 0 bridgehead atoms. The van der Waals surface area contributed by atoms with E-state index < -0.39 is 5.79 Å². The zero-order valence-corrected chi connectivity index (χ0v) is 18.6. The second-order valence-electron chi connectivity index (χ2n) is 8.55. The van der Waals surface area contributed by atoms with Gasteiger partial charge in [0, 0.05) is 18.8 Å². The maximum absolute atomic E-state index is 10.9. The minimum absolute atomic E-state index is 0.0689. The van der Waals surface area contributed by atoms with Crippen LogP contribution >= 0.6 is 0 Å². The van der Waals surface area contributed by atoms with Gasteiger partial charge in [-0.3, -0.25) is 0 Å². The summed E-state index contributed by atoms with van der Waals surface area (Å²) in [6, 6.07) is 7.96. The van der Waals surface area contributed by atoms with E-state index in [9.17, 15) is 4.79 Å². The molecule has 0 amide bonds. The van der Waals surface area contributed by atoms with Crippen LogP contribution in [-0.2, 0) is 25.6 Å². The SMILES string of the molecule is COc1ccc(CO[C@@H](C(C)C)[C@@H](C)/C=C/[C@H]2C[C@@H](CC=O)OC(C)(C)O2)cc1. The lowest BCUT2D eigenvalue weighted by molar-refractivity contribution is -0.289. The molecule has 1 aromatic carbocycles. The molecular weight excluding hydrogens is 368 g/mol. The summed E-state index contributed by atoms with van der Waals surface area (Å²) >= 11 is 0. The molecule has 1 aliphatic heterocycles. The first-order valence-corrected chi connectivity index (χ1v) is 10.5. The van der Waals surface area contributed by atoms with Crippen molar-refractivity contribution in [2.75, 3.05) is 7.11 Å². The number of rotatable bonds is 10. The first kappa shape index (κ1) is 23.6. The summed E-state index contributed by atoms with van der Waals surface area (Å²) in [5.74, 6) is 0.764. The van der Waals surface area contributed by atoms with Crippen LogP contribution in [0.4, 0.5) is 0 Å². The highest BCUT2D eigenvalue weighted by atomic mass is 16.7. The Kier molecular flexibility index (Phi) is 8.87. The molecule has 1 heterocycles. The van der Waals surface area contributed by atoms with Gasteiger partial charge in [0.25, 0.3) is 0 Å². The molecule has 0 N–H and O–H groups in total. The molecule has 0 aliphatic carbocycles. The summed E-state index contributed by atoms with van der Waals surface area (Å²) in [4.78, 5) is 10.9. The topological polar surface area (TPSA) is 54.0 Å². The summed E-state index contributed by atoms with van der Waals surface area (Å²) in [5.41, 5.74) is 1.12. The molecule has 0 unspecified atom stereocenters. The average Bonchev–Trinajstić information content (AvgIpc) is 2.66. The van der Waals surface area contributed by atoms with Crippen LogP contribution < -0.4 is 4.74 Å². The van der Waals surface area contributed by atoms with Crippen molar-refractivity contribution in [1.29, 1.82) is 0 Å². The summed E-state index contributed by atoms with van der Waals surface area (Å²) in [5, 5.41) is 0. The van der Waals surface area contributed by atoms with Crippen LogP contribution in [0.15, 0.2) is 36.4 Å². The molecule has 2 rings (SSSR count). The van der Waals surface area contributed by atoms with Crippen LogP contribution in [0.2, 0.25) is 0 Å². The van der Waals surface area contributed by atoms with Gasteiger partial charge in [-0.2, -0.15) is 0 Å². The van der Waals surface area contributed by atoms with Gasteiger partial charge < -0.3 is 23.7 Å². The molecule has 5 heteroatoms. The maximum Gasteiger partial charge on any atom is 0.163 e. The van der Waals surface area contributed by atoms with Crippen LogP contribution in [0.3, 0.4) is 0 Å². The summed E-state index contributed by atoms with van der Waals surface area (Å²) in [6.45, 7) is 10.9. The van der Waals surface area contributed by atoms with Gasteiger partial charge in [-0.15, -0.1) is 0 Å². The van der Waals surface area contributed by atoms with Gasteiger partial charge in [0.05, 0.1) is 32.0 Å². The number of hydrogen-bond acceptors (Lipinski definition) is 5. The zero-order chi connectivity index (χ0) is 21.4. The molecule has 0 aromatic heterocycles. The Morgan fingerprint density at radius 3 is 2.45 bits per heavy atom. The molecule has 1 aromatic rings. The van der Waals surface area contributed by atoms with E-state index in [1.165, 1.54) is 0 Å². The Morgan fingerprint density at radius 2 is 1.86 bits per heavy atom. The van der Waals surface area contributed by atoms with Crippen LogP contribution in [0.1, 0.15) is 53.0 Å². The number of carbonyl (C=O) groups excluding carboxylic acids is 1. The third-order valence-electron chi connectivity index (χ3n) is 5.15. The van der Waals surface area contributed by atoms with Crippen molar-refractivity contribution in [3.8, 4) is 5.75 Å². The van der Waals surface area contributed by atoms with Gasteiger partial charge in [-0.05, 0) is 37.5 Å². The summed E-state index contributed by atoms with van der Waals surface area (Å²) in [7, 11) is 1.67. The van der Waals surface area contributed by atoms with E-state index in [0.29, 0.717) is 25.4 Å². The number of aldehydes is 1. The maximum atomic E-state index is 10.9. The number of methoxy groups -OCH3 is 1. The highest BCUT2D eigenvalue weighted by molar-refractivity contribution is 5.50. The molecule has 4 atom stereocenters. The smallest absolute Gasteiger partial charge is 0.163 e. The zero-order valence-electron chi connectivity index (χ0n) is 18.6. The Balaban J connectivity index is 1.96. The second kappa shape index (κ2) is 10.9. The van der Waals surface area contributed by atoms with Crippen LogP contribution in [-0.4, -0.2) is 37.5 Å². The van der Waals surface area contributed by atoms with Gasteiger partial charge in [0.2, 0.25) is 0 Å². The van der Waals surface area contributed by atoms with Gasteiger partial charge in [0.15, 0.2) is 5.79 Å². The third kappa shape index (κ3) is 7.57. The molecule has 1 aliphatic rings. The predicted molar refractivity (Wildman–Crippen MR) is 114 cm³/mol. The first-order chi connectivity index (χ1) is 13.7. The lowest BCUT2D eigenvalue weighted by atomic mass is 9.93. The van der Waals surface area contributed by atoms with Gasteiger partial charge >= 0.3 is 0 Å².